The molecule has 0 aliphatic carbocycles. The molecule has 2 aromatic heterocycles. The number of thiazole rings is 1. The van der Waals surface area contributed by atoms with Crippen LogP contribution in [0, 0.1) is 13.8 Å². The van der Waals surface area contributed by atoms with Gasteiger partial charge >= 0.3 is 0 Å². The standard InChI is InChI=1S/C12H15N3OS/c1-7-3-10(12(13)14-5-7)11(16)4-9-6-17-8(2)15-9/h3,5-6,11,16H,4H2,1-2H3,(H2,13,14). The highest BCUT2D eigenvalue weighted by atomic mass is 32.1. The van der Waals surface area contributed by atoms with Gasteiger partial charge in [-0.25, -0.2) is 9.97 Å². The number of aryl methyl sites for hydroxylation is 2. The van der Waals surface area contributed by atoms with Crippen LogP contribution in [-0.4, -0.2) is 15.1 Å². The van der Waals surface area contributed by atoms with Crippen molar-refractivity contribution in [2.45, 2.75) is 26.4 Å². The predicted molar refractivity (Wildman–Crippen MR) is 68.9 cm³/mol. The molecule has 0 aromatic carbocycles. The van der Waals surface area contributed by atoms with Crippen LogP contribution in [0.5, 0.6) is 0 Å². The Morgan fingerprint density at radius 3 is 2.88 bits per heavy atom. The molecule has 0 bridgehead atoms. The Labute approximate surface area is 104 Å². The molecular formula is C12H15N3OS. The number of nitrogens with two attached hydrogens (primary N) is 1. The number of aliphatic hydroxyl groups is 1. The van der Waals surface area contributed by atoms with Crippen LogP contribution in [0.1, 0.15) is 27.9 Å². The van der Waals surface area contributed by atoms with Crippen molar-refractivity contribution in [1.29, 1.82) is 0 Å². The van der Waals surface area contributed by atoms with E-state index in [9.17, 15) is 5.11 Å². The van der Waals surface area contributed by atoms with Crippen molar-refractivity contribution in [3.8, 4) is 0 Å². The summed E-state index contributed by atoms with van der Waals surface area (Å²) in [5.41, 5.74) is 8.32. The summed E-state index contributed by atoms with van der Waals surface area (Å²) >= 11 is 1.58. The van der Waals surface area contributed by atoms with E-state index in [0.29, 0.717) is 17.8 Å². The Kier molecular flexibility index (Phi) is 3.40. The van der Waals surface area contributed by atoms with Gasteiger partial charge in [-0.2, -0.15) is 0 Å². The van der Waals surface area contributed by atoms with Crippen molar-refractivity contribution in [2.75, 3.05) is 5.73 Å². The van der Waals surface area contributed by atoms with E-state index in [-0.39, 0.29) is 0 Å². The second-order valence-electron chi connectivity index (χ2n) is 4.06. The van der Waals surface area contributed by atoms with Gasteiger partial charge in [-0.1, -0.05) is 0 Å². The molecule has 0 saturated heterocycles. The molecule has 4 nitrogen and oxygen atoms in total. The van der Waals surface area contributed by atoms with E-state index in [2.05, 4.69) is 9.97 Å². The van der Waals surface area contributed by atoms with Crippen molar-refractivity contribution in [1.82, 2.24) is 9.97 Å². The van der Waals surface area contributed by atoms with Crippen LogP contribution in [0.25, 0.3) is 0 Å². The minimum absolute atomic E-state index is 0.384. The zero-order valence-corrected chi connectivity index (χ0v) is 10.7. The van der Waals surface area contributed by atoms with E-state index in [1.807, 2.05) is 25.3 Å². The molecule has 0 radical (unpaired) electrons. The van der Waals surface area contributed by atoms with Crippen molar-refractivity contribution < 1.29 is 5.11 Å². The van der Waals surface area contributed by atoms with Gasteiger partial charge in [0.25, 0.3) is 0 Å². The number of rotatable bonds is 3. The lowest BCUT2D eigenvalue weighted by Gasteiger charge is -2.12. The second-order valence-corrected chi connectivity index (χ2v) is 5.13. The van der Waals surface area contributed by atoms with Crippen LogP contribution in [0.4, 0.5) is 5.82 Å². The van der Waals surface area contributed by atoms with Crippen LogP contribution >= 0.6 is 11.3 Å². The van der Waals surface area contributed by atoms with E-state index in [1.165, 1.54) is 0 Å². The summed E-state index contributed by atoms with van der Waals surface area (Å²) in [6, 6.07) is 1.87. The lowest BCUT2D eigenvalue weighted by atomic mass is 10.0. The quantitative estimate of drug-likeness (QED) is 0.873. The minimum atomic E-state index is -0.649. The van der Waals surface area contributed by atoms with Crippen LogP contribution < -0.4 is 5.73 Å². The molecule has 3 N–H and O–H groups in total. The number of pyridine rings is 1. The normalized spacial score (nSPS) is 12.6. The van der Waals surface area contributed by atoms with Crippen LogP contribution in [0.15, 0.2) is 17.6 Å². The molecule has 5 heteroatoms. The first kappa shape index (κ1) is 12.0. The summed E-state index contributed by atoms with van der Waals surface area (Å²) < 4.78 is 0. The molecule has 0 aliphatic heterocycles. The monoisotopic (exact) mass is 249 g/mol. The van der Waals surface area contributed by atoms with E-state index >= 15 is 0 Å². The number of aromatic nitrogens is 2. The highest BCUT2D eigenvalue weighted by Gasteiger charge is 2.14. The van der Waals surface area contributed by atoms with E-state index in [0.717, 1.165) is 16.3 Å². The topological polar surface area (TPSA) is 72.0 Å². The van der Waals surface area contributed by atoms with Gasteiger partial charge in [0.2, 0.25) is 0 Å². The molecule has 2 aromatic rings. The number of aliphatic hydroxyl groups excluding tert-OH is 1. The van der Waals surface area contributed by atoms with Crippen molar-refractivity contribution >= 4 is 17.2 Å². The van der Waals surface area contributed by atoms with Crippen molar-refractivity contribution in [3.05, 3.63) is 39.5 Å². The van der Waals surface area contributed by atoms with Gasteiger partial charge < -0.3 is 10.8 Å². The zero-order valence-electron chi connectivity index (χ0n) is 9.84. The summed E-state index contributed by atoms with van der Waals surface area (Å²) in [5, 5.41) is 13.1. The summed E-state index contributed by atoms with van der Waals surface area (Å²) in [4.78, 5) is 8.37. The van der Waals surface area contributed by atoms with E-state index < -0.39 is 6.10 Å². The lowest BCUT2D eigenvalue weighted by molar-refractivity contribution is 0.177. The van der Waals surface area contributed by atoms with E-state index in [1.54, 1.807) is 17.5 Å². The lowest BCUT2D eigenvalue weighted by Crippen LogP contribution is -2.07. The molecule has 0 amide bonds. The molecule has 0 spiro atoms. The number of hydrogen-bond donors (Lipinski definition) is 2. The molecule has 17 heavy (non-hydrogen) atoms. The molecule has 1 unspecified atom stereocenters. The van der Waals surface area contributed by atoms with E-state index in [4.69, 9.17) is 5.73 Å². The number of nitrogen functional groups attached to an aromatic ring is 1. The average molecular weight is 249 g/mol. The summed E-state index contributed by atoms with van der Waals surface area (Å²) in [6.07, 6.45) is 1.52. The van der Waals surface area contributed by atoms with Gasteiger partial charge in [0, 0.05) is 23.6 Å². The largest absolute Gasteiger partial charge is 0.388 e. The van der Waals surface area contributed by atoms with Gasteiger partial charge in [-0.3, -0.25) is 0 Å². The highest BCUT2D eigenvalue weighted by Crippen LogP contribution is 2.23. The maximum absolute atomic E-state index is 10.1. The molecule has 2 rings (SSSR count). The van der Waals surface area contributed by atoms with Gasteiger partial charge in [-0.15, -0.1) is 11.3 Å². The Hall–Kier alpha value is -1.46. The summed E-state index contributed by atoms with van der Waals surface area (Å²) in [7, 11) is 0. The minimum Gasteiger partial charge on any atom is -0.388 e. The SMILES string of the molecule is Cc1cnc(N)c(C(O)Cc2csc(C)n2)c1. The molecule has 0 saturated carbocycles. The average Bonchev–Trinajstić information content (AvgIpc) is 2.67. The molecule has 2 heterocycles. The van der Waals surface area contributed by atoms with Crippen molar-refractivity contribution in [3.63, 3.8) is 0 Å². The first-order valence-electron chi connectivity index (χ1n) is 5.37. The van der Waals surface area contributed by atoms with Crippen LogP contribution in [0.2, 0.25) is 0 Å². The van der Waals surface area contributed by atoms with Crippen LogP contribution in [-0.2, 0) is 6.42 Å². The maximum Gasteiger partial charge on any atom is 0.129 e. The first-order chi connectivity index (χ1) is 8.06. The number of anilines is 1. The highest BCUT2D eigenvalue weighted by molar-refractivity contribution is 7.09. The second kappa shape index (κ2) is 4.81. The number of hydrogen-bond acceptors (Lipinski definition) is 5. The third kappa shape index (κ3) is 2.81. The number of nitrogens with zero attached hydrogens (tertiary/aromatic N) is 2. The van der Waals surface area contributed by atoms with Gasteiger partial charge in [0.05, 0.1) is 16.8 Å². The predicted octanol–water partition coefficient (Wildman–Crippen LogP) is 2.01. The smallest absolute Gasteiger partial charge is 0.129 e. The Balaban J connectivity index is 2.19. The Morgan fingerprint density at radius 1 is 1.47 bits per heavy atom. The molecule has 1 atom stereocenters. The molecule has 90 valence electrons. The summed E-state index contributed by atoms with van der Waals surface area (Å²) in [5.74, 6) is 0.384. The van der Waals surface area contributed by atoms with Gasteiger partial charge in [0.1, 0.15) is 5.82 Å². The molecule has 0 fully saturated rings. The third-order valence-corrected chi connectivity index (χ3v) is 3.34. The fourth-order valence-electron chi connectivity index (χ4n) is 1.68. The Morgan fingerprint density at radius 2 is 2.24 bits per heavy atom. The summed E-state index contributed by atoms with van der Waals surface area (Å²) in [6.45, 7) is 3.87. The fourth-order valence-corrected chi connectivity index (χ4v) is 2.30. The molecular weight excluding hydrogens is 234 g/mol. The first-order valence-corrected chi connectivity index (χ1v) is 6.25. The van der Waals surface area contributed by atoms with Gasteiger partial charge in [0.15, 0.2) is 0 Å². The Bertz CT molecular complexity index is 524. The zero-order chi connectivity index (χ0) is 12.4. The maximum atomic E-state index is 10.1. The third-order valence-electron chi connectivity index (χ3n) is 2.51. The molecule has 0 aliphatic rings. The van der Waals surface area contributed by atoms with Crippen LogP contribution in [0.3, 0.4) is 0 Å². The fraction of sp³-hybridized carbons (Fsp3) is 0.333. The van der Waals surface area contributed by atoms with Gasteiger partial charge in [-0.05, 0) is 25.5 Å². The van der Waals surface area contributed by atoms with Crippen molar-refractivity contribution in [2.24, 2.45) is 0 Å².